The lowest BCUT2D eigenvalue weighted by Gasteiger charge is -2.00. The first-order chi connectivity index (χ1) is 5.75. The Kier molecular flexibility index (Phi) is 3.57. The highest BCUT2D eigenvalue weighted by molar-refractivity contribution is 6.31. The molecular weight excluding hydrogens is 193 g/mol. The zero-order valence-electron chi connectivity index (χ0n) is 6.72. The normalized spacial score (nSPS) is 10.9. The van der Waals surface area contributed by atoms with Crippen LogP contribution in [0.1, 0.15) is 11.1 Å². The molecular formula is C9H9Cl2N. The minimum absolute atomic E-state index is 0.491. The van der Waals surface area contributed by atoms with Crippen LogP contribution in [0.4, 0.5) is 0 Å². The van der Waals surface area contributed by atoms with E-state index in [1.54, 1.807) is 6.20 Å². The summed E-state index contributed by atoms with van der Waals surface area (Å²) < 4.78 is 0. The SMILES string of the molecule is Cc1ccnc(Cl)c1C=CCCl. The van der Waals surface area contributed by atoms with Crippen LogP contribution >= 0.6 is 23.2 Å². The van der Waals surface area contributed by atoms with Gasteiger partial charge in [0.05, 0.1) is 0 Å². The molecule has 0 aliphatic rings. The Morgan fingerprint density at radius 3 is 2.92 bits per heavy atom. The van der Waals surface area contributed by atoms with Gasteiger partial charge in [0, 0.05) is 17.6 Å². The molecule has 0 unspecified atom stereocenters. The second-order valence-electron chi connectivity index (χ2n) is 2.39. The summed E-state index contributed by atoms with van der Waals surface area (Å²) in [6.45, 7) is 1.99. The summed E-state index contributed by atoms with van der Waals surface area (Å²) in [4.78, 5) is 3.96. The third-order valence-electron chi connectivity index (χ3n) is 1.53. The van der Waals surface area contributed by atoms with Crippen molar-refractivity contribution in [3.8, 4) is 0 Å². The van der Waals surface area contributed by atoms with Gasteiger partial charge in [-0.15, -0.1) is 11.6 Å². The summed E-state index contributed by atoms with van der Waals surface area (Å²) in [6.07, 6.45) is 5.42. The van der Waals surface area contributed by atoms with Gasteiger partial charge in [0.15, 0.2) is 0 Å². The summed E-state index contributed by atoms with van der Waals surface area (Å²) >= 11 is 11.4. The quantitative estimate of drug-likeness (QED) is 0.529. The van der Waals surface area contributed by atoms with Crippen LogP contribution < -0.4 is 0 Å². The molecule has 0 saturated heterocycles. The van der Waals surface area contributed by atoms with Crippen LogP contribution in [-0.2, 0) is 0 Å². The highest BCUT2D eigenvalue weighted by Crippen LogP contribution is 2.17. The van der Waals surface area contributed by atoms with Crippen LogP contribution in [0, 0.1) is 6.92 Å². The Balaban J connectivity index is 3.04. The van der Waals surface area contributed by atoms with Crippen LogP contribution in [-0.4, -0.2) is 10.9 Å². The number of halogens is 2. The van der Waals surface area contributed by atoms with Crippen molar-refractivity contribution in [2.24, 2.45) is 0 Å². The zero-order chi connectivity index (χ0) is 8.97. The predicted octanol–water partition coefficient (Wildman–Crippen LogP) is 3.30. The van der Waals surface area contributed by atoms with Crippen LogP contribution in [0.15, 0.2) is 18.3 Å². The smallest absolute Gasteiger partial charge is 0.136 e. The number of hydrogen-bond acceptors (Lipinski definition) is 1. The summed E-state index contributed by atoms with van der Waals surface area (Å²) in [7, 11) is 0. The number of alkyl halides is 1. The highest BCUT2D eigenvalue weighted by atomic mass is 35.5. The van der Waals surface area contributed by atoms with Gasteiger partial charge in [-0.1, -0.05) is 23.8 Å². The Labute approximate surface area is 82.0 Å². The van der Waals surface area contributed by atoms with E-state index >= 15 is 0 Å². The predicted molar refractivity (Wildman–Crippen MR) is 53.7 cm³/mol. The van der Waals surface area contributed by atoms with Crippen molar-refractivity contribution in [2.75, 3.05) is 5.88 Å². The Morgan fingerprint density at radius 1 is 1.58 bits per heavy atom. The maximum atomic E-state index is 5.86. The standard InChI is InChI=1S/C9H9Cl2N/c1-7-4-6-12-9(11)8(7)3-2-5-10/h2-4,6H,5H2,1H3. The van der Waals surface area contributed by atoms with Crippen LogP contribution in [0.2, 0.25) is 5.15 Å². The number of allylic oxidation sites excluding steroid dienone is 1. The molecule has 0 aromatic carbocycles. The molecule has 1 aromatic rings. The molecule has 12 heavy (non-hydrogen) atoms. The van der Waals surface area contributed by atoms with Crippen LogP contribution in [0.25, 0.3) is 6.08 Å². The molecule has 0 fully saturated rings. The molecule has 1 heterocycles. The van der Waals surface area contributed by atoms with Gasteiger partial charge in [-0.3, -0.25) is 0 Å². The minimum Gasteiger partial charge on any atom is -0.244 e. The number of rotatable bonds is 2. The molecule has 0 aliphatic heterocycles. The lowest BCUT2D eigenvalue weighted by atomic mass is 10.1. The van der Waals surface area contributed by atoms with E-state index in [0.717, 1.165) is 11.1 Å². The monoisotopic (exact) mass is 201 g/mol. The Morgan fingerprint density at radius 2 is 2.33 bits per heavy atom. The third kappa shape index (κ3) is 2.23. The van der Waals surface area contributed by atoms with Crippen molar-refractivity contribution in [3.63, 3.8) is 0 Å². The summed E-state index contributed by atoms with van der Waals surface area (Å²) in [5.74, 6) is 0.491. The average Bonchev–Trinajstić information content (AvgIpc) is 2.04. The molecule has 0 spiro atoms. The summed E-state index contributed by atoms with van der Waals surface area (Å²) in [5, 5.41) is 0.524. The molecule has 0 bridgehead atoms. The van der Waals surface area contributed by atoms with Gasteiger partial charge in [0.2, 0.25) is 0 Å². The number of pyridine rings is 1. The minimum atomic E-state index is 0.491. The van der Waals surface area contributed by atoms with E-state index < -0.39 is 0 Å². The Bertz CT molecular complexity index is 274. The molecule has 0 saturated carbocycles. The van der Waals surface area contributed by atoms with Gasteiger partial charge in [-0.2, -0.15) is 0 Å². The van der Waals surface area contributed by atoms with Crippen molar-refractivity contribution >= 4 is 29.3 Å². The van der Waals surface area contributed by atoms with Gasteiger partial charge in [-0.25, -0.2) is 4.98 Å². The fourth-order valence-corrected chi connectivity index (χ4v) is 1.26. The second kappa shape index (κ2) is 4.48. The first-order valence-electron chi connectivity index (χ1n) is 3.59. The van der Waals surface area contributed by atoms with Crippen LogP contribution in [0.3, 0.4) is 0 Å². The second-order valence-corrected chi connectivity index (χ2v) is 3.06. The number of nitrogens with zero attached hydrogens (tertiary/aromatic N) is 1. The molecule has 3 heteroatoms. The van der Waals surface area contributed by atoms with Gasteiger partial charge >= 0.3 is 0 Å². The molecule has 1 aromatic heterocycles. The third-order valence-corrected chi connectivity index (χ3v) is 2.01. The van der Waals surface area contributed by atoms with Gasteiger partial charge < -0.3 is 0 Å². The first-order valence-corrected chi connectivity index (χ1v) is 4.50. The lowest BCUT2D eigenvalue weighted by molar-refractivity contribution is 1.27. The average molecular weight is 202 g/mol. The number of aryl methyl sites for hydroxylation is 1. The molecule has 0 N–H and O–H groups in total. The van der Waals surface area contributed by atoms with Gasteiger partial charge in [0.25, 0.3) is 0 Å². The summed E-state index contributed by atoms with van der Waals surface area (Å²) in [6, 6.07) is 1.92. The van der Waals surface area contributed by atoms with E-state index in [-0.39, 0.29) is 0 Å². The maximum Gasteiger partial charge on any atom is 0.136 e. The van der Waals surface area contributed by atoms with E-state index in [2.05, 4.69) is 4.98 Å². The molecule has 1 rings (SSSR count). The van der Waals surface area contributed by atoms with Crippen LogP contribution in [0.5, 0.6) is 0 Å². The highest BCUT2D eigenvalue weighted by Gasteiger charge is 1.99. The van der Waals surface area contributed by atoms with Crippen molar-refractivity contribution < 1.29 is 0 Å². The molecule has 0 radical (unpaired) electrons. The molecule has 0 amide bonds. The van der Waals surface area contributed by atoms with E-state index in [0.29, 0.717) is 11.0 Å². The molecule has 0 atom stereocenters. The molecule has 1 nitrogen and oxygen atoms in total. The largest absolute Gasteiger partial charge is 0.244 e. The fourth-order valence-electron chi connectivity index (χ4n) is 0.899. The molecule has 0 aliphatic carbocycles. The van der Waals surface area contributed by atoms with Gasteiger partial charge in [0.1, 0.15) is 5.15 Å². The topological polar surface area (TPSA) is 12.9 Å². The fraction of sp³-hybridized carbons (Fsp3) is 0.222. The van der Waals surface area contributed by atoms with E-state index in [4.69, 9.17) is 23.2 Å². The van der Waals surface area contributed by atoms with E-state index in [1.165, 1.54) is 0 Å². The maximum absolute atomic E-state index is 5.86. The Hall–Kier alpha value is -0.530. The van der Waals surface area contributed by atoms with E-state index in [1.807, 2.05) is 25.1 Å². The van der Waals surface area contributed by atoms with Crippen molar-refractivity contribution in [2.45, 2.75) is 6.92 Å². The molecule has 64 valence electrons. The zero-order valence-corrected chi connectivity index (χ0v) is 8.23. The van der Waals surface area contributed by atoms with Crippen molar-refractivity contribution in [1.29, 1.82) is 0 Å². The van der Waals surface area contributed by atoms with Crippen molar-refractivity contribution in [3.05, 3.63) is 34.6 Å². The van der Waals surface area contributed by atoms with E-state index in [9.17, 15) is 0 Å². The number of hydrogen-bond donors (Lipinski definition) is 0. The number of aromatic nitrogens is 1. The first kappa shape index (κ1) is 9.56. The summed E-state index contributed by atoms with van der Waals surface area (Å²) in [5.41, 5.74) is 2.05. The lowest BCUT2D eigenvalue weighted by Crippen LogP contribution is -1.85. The van der Waals surface area contributed by atoms with Gasteiger partial charge in [-0.05, 0) is 18.6 Å². The van der Waals surface area contributed by atoms with Crippen molar-refractivity contribution in [1.82, 2.24) is 4.98 Å².